The Bertz CT molecular complexity index is 426. The van der Waals surface area contributed by atoms with Gasteiger partial charge in [0.1, 0.15) is 0 Å². The molecule has 5 heteroatoms. The van der Waals surface area contributed by atoms with Gasteiger partial charge in [0.05, 0.1) is 24.9 Å². The van der Waals surface area contributed by atoms with Crippen molar-refractivity contribution in [2.45, 2.75) is 62.9 Å². The van der Waals surface area contributed by atoms with E-state index in [-0.39, 0.29) is 23.4 Å². The molecule has 4 fully saturated rings. The lowest BCUT2D eigenvalue weighted by atomic mass is 9.54. The second kappa shape index (κ2) is 3.96. The molecule has 2 aliphatic heterocycles. The van der Waals surface area contributed by atoms with Crippen molar-refractivity contribution in [1.82, 2.24) is 10.2 Å². The molecule has 2 aliphatic carbocycles. The number of carbonyl (C=O) groups is 1. The Morgan fingerprint density at radius 1 is 1.15 bits per heavy atom. The van der Waals surface area contributed by atoms with Crippen molar-refractivity contribution >= 4 is 5.91 Å². The molecule has 0 aromatic carbocycles. The smallest absolute Gasteiger partial charge is 0.240 e. The Kier molecular flexibility index (Phi) is 2.58. The molecule has 1 amide bonds. The molecule has 0 radical (unpaired) electrons. The van der Waals surface area contributed by atoms with Crippen molar-refractivity contribution in [1.29, 1.82) is 0 Å². The van der Waals surface area contributed by atoms with Crippen LogP contribution in [0.2, 0.25) is 0 Å². The molecule has 0 aromatic rings. The molecule has 112 valence electrons. The van der Waals surface area contributed by atoms with Gasteiger partial charge in [-0.1, -0.05) is 0 Å². The SMILES string of the molecule is CC1NC2(CC3(CCC4(CC3)OCCO4)C2)N(C)C1=O. The van der Waals surface area contributed by atoms with E-state index >= 15 is 0 Å². The van der Waals surface area contributed by atoms with E-state index in [4.69, 9.17) is 9.47 Å². The molecule has 1 N–H and O–H groups in total. The molecular formula is C15H24N2O3. The number of likely N-dealkylation sites (N-methyl/N-ethyl adjacent to an activating group) is 1. The molecule has 1 unspecified atom stereocenters. The van der Waals surface area contributed by atoms with Crippen molar-refractivity contribution in [3.05, 3.63) is 0 Å². The molecule has 2 heterocycles. The summed E-state index contributed by atoms with van der Waals surface area (Å²) in [5.41, 5.74) is 0.324. The Labute approximate surface area is 120 Å². The third-order valence-electron chi connectivity index (χ3n) is 6.05. The van der Waals surface area contributed by atoms with Gasteiger partial charge in [0.2, 0.25) is 5.91 Å². The normalized spacial score (nSPS) is 37.0. The molecule has 2 saturated heterocycles. The van der Waals surface area contributed by atoms with Crippen LogP contribution in [0.5, 0.6) is 0 Å². The molecule has 0 bridgehead atoms. The standard InChI is InChI=1S/C15H24N2O3/c1-11-12(18)17(2)14(16-11)9-13(10-14)3-5-15(6-4-13)19-7-8-20-15/h11,16H,3-10H2,1-2H3. The van der Waals surface area contributed by atoms with Crippen LogP contribution in [0.4, 0.5) is 0 Å². The highest BCUT2D eigenvalue weighted by atomic mass is 16.7. The number of ether oxygens (including phenoxy) is 2. The maximum Gasteiger partial charge on any atom is 0.240 e. The van der Waals surface area contributed by atoms with Gasteiger partial charge >= 0.3 is 0 Å². The Hall–Kier alpha value is -0.650. The Morgan fingerprint density at radius 3 is 2.25 bits per heavy atom. The second-order valence-electron chi connectivity index (χ2n) is 7.26. The summed E-state index contributed by atoms with van der Waals surface area (Å²) in [6, 6.07) is -0.0335. The van der Waals surface area contributed by atoms with E-state index in [0.29, 0.717) is 5.41 Å². The summed E-state index contributed by atoms with van der Waals surface area (Å²) >= 11 is 0. The molecule has 3 spiro atoms. The van der Waals surface area contributed by atoms with Crippen molar-refractivity contribution in [2.75, 3.05) is 20.3 Å². The summed E-state index contributed by atoms with van der Waals surface area (Å²) in [5.74, 6) is -0.0406. The molecule has 0 aromatic heterocycles. The predicted octanol–water partition coefficient (Wildman–Crippen LogP) is 1.23. The first kappa shape index (κ1) is 13.0. The third-order valence-corrected chi connectivity index (χ3v) is 6.05. The van der Waals surface area contributed by atoms with Gasteiger partial charge in [0, 0.05) is 19.9 Å². The average molecular weight is 280 g/mol. The number of carbonyl (C=O) groups excluding carboxylic acids is 1. The van der Waals surface area contributed by atoms with E-state index in [0.717, 1.165) is 51.7 Å². The van der Waals surface area contributed by atoms with Crippen LogP contribution in [0.15, 0.2) is 0 Å². The predicted molar refractivity (Wildman–Crippen MR) is 72.9 cm³/mol. The highest BCUT2D eigenvalue weighted by Gasteiger charge is 2.63. The quantitative estimate of drug-likeness (QED) is 0.725. The molecule has 1 atom stereocenters. The topological polar surface area (TPSA) is 50.8 Å². The highest BCUT2D eigenvalue weighted by molar-refractivity contribution is 5.84. The van der Waals surface area contributed by atoms with Gasteiger partial charge in [-0.2, -0.15) is 0 Å². The van der Waals surface area contributed by atoms with Crippen LogP contribution >= 0.6 is 0 Å². The summed E-state index contributed by atoms with van der Waals surface area (Å²) in [7, 11) is 1.94. The number of hydrogen-bond donors (Lipinski definition) is 1. The minimum Gasteiger partial charge on any atom is -0.348 e. The maximum absolute atomic E-state index is 12.0. The van der Waals surface area contributed by atoms with Crippen LogP contribution in [-0.2, 0) is 14.3 Å². The van der Waals surface area contributed by atoms with Crippen LogP contribution < -0.4 is 5.32 Å². The van der Waals surface area contributed by atoms with E-state index in [1.165, 1.54) is 0 Å². The molecule has 4 rings (SSSR count). The number of amides is 1. The summed E-state index contributed by atoms with van der Waals surface area (Å²) in [6.07, 6.45) is 6.51. The maximum atomic E-state index is 12.0. The fourth-order valence-electron chi connectivity index (χ4n) is 4.89. The van der Waals surface area contributed by atoms with Gasteiger partial charge in [-0.05, 0) is 38.0 Å². The van der Waals surface area contributed by atoms with Crippen molar-refractivity contribution in [2.24, 2.45) is 5.41 Å². The molecular weight excluding hydrogens is 256 g/mol. The van der Waals surface area contributed by atoms with E-state index in [9.17, 15) is 4.79 Å². The van der Waals surface area contributed by atoms with Gasteiger partial charge in [0.25, 0.3) is 0 Å². The summed E-state index contributed by atoms with van der Waals surface area (Å²) < 4.78 is 11.6. The average Bonchev–Trinajstić information content (AvgIpc) is 2.93. The van der Waals surface area contributed by atoms with Crippen molar-refractivity contribution in [3.8, 4) is 0 Å². The summed E-state index contributed by atoms with van der Waals surface area (Å²) in [5, 5.41) is 3.51. The highest BCUT2D eigenvalue weighted by Crippen LogP contribution is 2.60. The molecule has 5 nitrogen and oxygen atoms in total. The first-order chi connectivity index (χ1) is 9.48. The molecule has 20 heavy (non-hydrogen) atoms. The van der Waals surface area contributed by atoms with Gasteiger partial charge in [0.15, 0.2) is 5.79 Å². The van der Waals surface area contributed by atoms with Crippen molar-refractivity contribution in [3.63, 3.8) is 0 Å². The first-order valence-corrected chi connectivity index (χ1v) is 7.82. The fourth-order valence-corrected chi connectivity index (χ4v) is 4.89. The number of nitrogens with zero attached hydrogens (tertiary/aromatic N) is 1. The van der Waals surface area contributed by atoms with Gasteiger partial charge < -0.3 is 14.4 Å². The Balaban J connectivity index is 1.43. The van der Waals surface area contributed by atoms with Crippen LogP contribution in [0.25, 0.3) is 0 Å². The van der Waals surface area contributed by atoms with Crippen LogP contribution in [-0.4, -0.2) is 48.6 Å². The third kappa shape index (κ3) is 1.63. The van der Waals surface area contributed by atoms with Crippen LogP contribution in [0.1, 0.15) is 45.4 Å². The fraction of sp³-hybridized carbons (Fsp3) is 0.933. The van der Waals surface area contributed by atoms with Crippen molar-refractivity contribution < 1.29 is 14.3 Å². The monoisotopic (exact) mass is 280 g/mol. The second-order valence-corrected chi connectivity index (χ2v) is 7.26. The largest absolute Gasteiger partial charge is 0.348 e. The minimum absolute atomic E-state index is 0.0335. The van der Waals surface area contributed by atoms with E-state index in [1.807, 2.05) is 18.9 Å². The zero-order valence-electron chi connectivity index (χ0n) is 12.4. The van der Waals surface area contributed by atoms with Crippen LogP contribution in [0.3, 0.4) is 0 Å². The summed E-state index contributed by atoms with van der Waals surface area (Å²) in [6.45, 7) is 3.45. The zero-order valence-corrected chi connectivity index (χ0v) is 12.4. The van der Waals surface area contributed by atoms with E-state index < -0.39 is 0 Å². The van der Waals surface area contributed by atoms with Gasteiger partial charge in [-0.3, -0.25) is 10.1 Å². The van der Waals surface area contributed by atoms with E-state index in [2.05, 4.69) is 5.32 Å². The number of rotatable bonds is 0. The first-order valence-electron chi connectivity index (χ1n) is 7.82. The summed E-state index contributed by atoms with van der Waals surface area (Å²) in [4.78, 5) is 14.0. The van der Waals surface area contributed by atoms with Crippen LogP contribution in [0, 0.1) is 5.41 Å². The Morgan fingerprint density at radius 2 is 1.75 bits per heavy atom. The minimum atomic E-state index is -0.272. The molecule has 4 aliphatic rings. The number of nitrogens with one attached hydrogen (secondary N) is 1. The van der Waals surface area contributed by atoms with Gasteiger partial charge in [-0.25, -0.2) is 0 Å². The van der Waals surface area contributed by atoms with Gasteiger partial charge in [-0.15, -0.1) is 0 Å². The lowest BCUT2D eigenvalue weighted by Gasteiger charge is -2.60. The molecule has 2 saturated carbocycles. The number of hydrogen-bond acceptors (Lipinski definition) is 4. The zero-order chi connectivity index (χ0) is 14.0. The van der Waals surface area contributed by atoms with E-state index in [1.54, 1.807) is 0 Å². The lowest BCUT2D eigenvalue weighted by molar-refractivity contribution is -0.212. The lowest BCUT2D eigenvalue weighted by Crippen LogP contribution is -2.66.